The largest absolute Gasteiger partial charge is 0.507 e. The molecule has 1 N–H and O–H groups in total. The Balaban J connectivity index is 0.000000225. The van der Waals surface area contributed by atoms with Crippen LogP contribution in [0.25, 0.3) is 44.7 Å². The number of aromatic nitrogens is 2. The van der Waals surface area contributed by atoms with Crippen LogP contribution in [0.1, 0.15) is 32.3 Å². The van der Waals surface area contributed by atoms with Crippen LogP contribution in [0.2, 0.25) is 0 Å². The van der Waals surface area contributed by atoms with E-state index in [0.717, 1.165) is 74.3 Å². The topological polar surface area (TPSA) is 89.4 Å². The fourth-order valence-electron chi connectivity index (χ4n) is 5.92. The van der Waals surface area contributed by atoms with Gasteiger partial charge in [-0.2, -0.15) is 0 Å². The monoisotopic (exact) mass is 972 g/mol. The van der Waals surface area contributed by atoms with Gasteiger partial charge in [0, 0.05) is 45.7 Å². The predicted octanol–water partition coefficient (Wildman–Crippen LogP) is 11.6. The first kappa shape index (κ1) is 46.1. The van der Waals surface area contributed by atoms with E-state index in [-0.39, 0.29) is 25.8 Å². The van der Waals surface area contributed by atoms with Gasteiger partial charge in [-0.15, -0.1) is 22.7 Å². The van der Waals surface area contributed by atoms with Crippen molar-refractivity contribution in [3.63, 3.8) is 0 Å². The van der Waals surface area contributed by atoms with Gasteiger partial charge in [-0.1, -0.05) is 24.3 Å². The molecule has 4 aromatic carbocycles. The Morgan fingerprint density at radius 2 is 1.17 bits per heavy atom. The van der Waals surface area contributed by atoms with Crippen molar-refractivity contribution in [2.75, 3.05) is 90.7 Å². The molecule has 0 saturated carbocycles. The van der Waals surface area contributed by atoms with Crippen molar-refractivity contribution in [2.45, 2.75) is 13.8 Å². The molecule has 0 aliphatic heterocycles. The first-order valence-corrected chi connectivity index (χ1v) is 22.0. The van der Waals surface area contributed by atoms with Crippen LogP contribution in [-0.4, -0.2) is 95.9 Å². The number of ether oxygens (including phenoxy) is 4. The van der Waals surface area contributed by atoms with Crippen molar-refractivity contribution in [2.24, 2.45) is 0 Å². The van der Waals surface area contributed by atoms with E-state index in [2.05, 4.69) is 79.8 Å². The van der Waals surface area contributed by atoms with Crippen LogP contribution < -0.4 is 14.5 Å². The number of alkyl halides is 2. The molecule has 0 unspecified atom stereocenters. The highest BCUT2D eigenvalue weighted by Crippen LogP contribution is 2.33. The van der Waals surface area contributed by atoms with E-state index in [1.807, 2.05) is 68.7 Å². The molecule has 0 aliphatic carbocycles. The average Bonchev–Trinajstić information content (AvgIpc) is 3.82. The zero-order valence-corrected chi connectivity index (χ0v) is 38.4. The third-order valence-corrected chi connectivity index (χ3v) is 12.2. The molecule has 9 nitrogen and oxygen atoms in total. The maximum absolute atomic E-state index is 12.2. The van der Waals surface area contributed by atoms with E-state index in [1.54, 1.807) is 35.8 Å². The second kappa shape index (κ2) is 23.1. The molecule has 59 heavy (non-hydrogen) atoms. The summed E-state index contributed by atoms with van der Waals surface area (Å²) in [5, 5.41) is 11.5. The number of fused-ring (bicyclic) bond motifs is 2. The Bertz CT molecular complexity index is 2360. The Kier molecular flexibility index (Phi) is 18.1. The molecule has 0 spiro atoms. The minimum atomic E-state index is -0.451. The highest BCUT2D eigenvalue weighted by atomic mass is 79.9. The van der Waals surface area contributed by atoms with Gasteiger partial charge in [-0.05, 0) is 129 Å². The number of rotatable bonds is 19. The van der Waals surface area contributed by atoms with Gasteiger partial charge in [0.2, 0.25) is 0 Å². The van der Waals surface area contributed by atoms with E-state index in [9.17, 15) is 13.9 Å². The van der Waals surface area contributed by atoms with E-state index in [1.165, 1.54) is 0 Å². The number of halogens is 4. The quantitative estimate of drug-likeness (QED) is 0.0630. The summed E-state index contributed by atoms with van der Waals surface area (Å²) in [5.41, 5.74) is 8.52. The Hall–Kier alpha value is -3.96. The third-order valence-electron chi connectivity index (χ3n) is 8.95. The number of aromatic hydroxyl groups is 1. The Morgan fingerprint density at radius 1 is 0.678 bits per heavy atom. The number of aryl methyl sites for hydroxylation is 2. The third kappa shape index (κ3) is 13.5. The van der Waals surface area contributed by atoms with E-state index in [4.69, 9.17) is 28.9 Å². The number of benzene rings is 4. The van der Waals surface area contributed by atoms with Crippen LogP contribution in [0.5, 0.6) is 11.5 Å². The second-order valence-corrected chi connectivity index (χ2v) is 17.2. The van der Waals surface area contributed by atoms with Gasteiger partial charge >= 0.3 is 0 Å². The van der Waals surface area contributed by atoms with Crippen molar-refractivity contribution < 1.29 is 32.8 Å². The van der Waals surface area contributed by atoms with Crippen LogP contribution in [0, 0.1) is 13.8 Å². The number of anilines is 2. The number of phenolic OH excluding ortho intramolecular Hbond substituents is 1. The van der Waals surface area contributed by atoms with Crippen LogP contribution in [0.15, 0.2) is 69.6 Å². The van der Waals surface area contributed by atoms with Gasteiger partial charge in [-0.3, -0.25) is 0 Å². The summed E-state index contributed by atoms with van der Waals surface area (Å²) in [6.07, 6.45) is 8.01. The molecule has 0 atom stereocenters. The molecular weight excluding hydrogens is 926 g/mol. The van der Waals surface area contributed by atoms with Crippen LogP contribution in [-0.2, 0) is 14.2 Å². The number of likely N-dealkylation sites (N-methyl/N-ethyl adjacent to an activating group) is 2. The van der Waals surface area contributed by atoms with Gasteiger partial charge < -0.3 is 33.9 Å². The van der Waals surface area contributed by atoms with Crippen molar-refractivity contribution in [1.82, 2.24) is 9.97 Å². The molecule has 0 fully saturated rings. The fraction of sp³-hybridized carbons (Fsp3) is 0.318. The van der Waals surface area contributed by atoms with Gasteiger partial charge in [0.25, 0.3) is 0 Å². The first-order chi connectivity index (χ1) is 28.5. The summed E-state index contributed by atoms with van der Waals surface area (Å²) in [6.45, 7) is 6.15. The van der Waals surface area contributed by atoms with Gasteiger partial charge in [0.15, 0.2) is 6.79 Å². The van der Waals surface area contributed by atoms with Crippen LogP contribution >= 0.6 is 54.5 Å². The van der Waals surface area contributed by atoms with E-state index < -0.39 is 13.3 Å². The summed E-state index contributed by atoms with van der Waals surface area (Å²) in [5.74, 6) is 0.959. The fourth-order valence-corrected chi connectivity index (χ4v) is 8.59. The van der Waals surface area contributed by atoms with Crippen molar-refractivity contribution >= 4 is 111 Å². The van der Waals surface area contributed by atoms with Gasteiger partial charge in [0.05, 0.1) is 55.8 Å². The average molecular weight is 975 g/mol. The summed E-state index contributed by atoms with van der Waals surface area (Å²) in [6, 6.07) is 19.8. The number of thiazole rings is 2. The minimum Gasteiger partial charge on any atom is -0.507 e. The lowest BCUT2D eigenvalue weighted by Gasteiger charge is -2.21. The van der Waals surface area contributed by atoms with Crippen molar-refractivity contribution in [3.05, 3.63) is 102 Å². The summed E-state index contributed by atoms with van der Waals surface area (Å²) >= 11 is 10.1. The molecule has 0 bridgehead atoms. The van der Waals surface area contributed by atoms with Crippen LogP contribution in [0.4, 0.5) is 20.2 Å². The molecule has 0 aliphatic rings. The van der Waals surface area contributed by atoms with Crippen molar-refractivity contribution in [3.8, 4) is 11.5 Å². The summed E-state index contributed by atoms with van der Waals surface area (Å²) in [7, 11) is 5.62. The number of hydrogen-bond acceptors (Lipinski definition) is 11. The number of nitrogens with zero attached hydrogens (tertiary/aromatic N) is 4. The zero-order valence-electron chi connectivity index (χ0n) is 33.6. The number of phenols is 1. The lowest BCUT2D eigenvalue weighted by molar-refractivity contribution is 0.0506. The molecule has 0 amide bonds. The lowest BCUT2D eigenvalue weighted by Crippen LogP contribution is -2.23. The maximum atomic E-state index is 12.2. The normalized spacial score (nSPS) is 11.5. The molecular formula is C44H48Br2F2N4O5S2. The summed E-state index contributed by atoms with van der Waals surface area (Å²) in [4.78, 5) is 13.7. The van der Waals surface area contributed by atoms with Crippen LogP contribution in [0.3, 0.4) is 0 Å². The predicted molar refractivity (Wildman–Crippen MR) is 249 cm³/mol. The van der Waals surface area contributed by atoms with Crippen molar-refractivity contribution in [1.29, 1.82) is 0 Å². The molecule has 2 aromatic heterocycles. The zero-order chi connectivity index (χ0) is 42.3. The maximum Gasteiger partial charge on any atom is 0.188 e. The lowest BCUT2D eigenvalue weighted by atomic mass is 10.1. The molecule has 6 rings (SSSR count). The molecule has 6 aromatic rings. The Labute approximate surface area is 369 Å². The second-order valence-electron chi connectivity index (χ2n) is 13.4. The highest BCUT2D eigenvalue weighted by Gasteiger charge is 2.12. The molecule has 314 valence electrons. The number of methoxy groups -OCH3 is 1. The smallest absolute Gasteiger partial charge is 0.188 e. The molecule has 15 heteroatoms. The van der Waals surface area contributed by atoms with Gasteiger partial charge in [0.1, 0.15) is 34.9 Å². The SMILES string of the molecule is COCOc1ccc(/C=C/c2nc3cc(C)c(N(C)CCOCCF)cc3s2)cc1Br.Cc1cc2nc(/C=C/c3ccc(O)c(Br)c3)sc2cc1N(C)CCOCCF. The number of hydrogen-bond donors (Lipinski definition) is 1. The molecule has 0 radical (unpaired) electrons. The summed E-state index contributed by atoms with van der Waals surface area (Å²) < 4.78 is 49.0. The van der Waals surface area contributed by atoms with Gasteiger partial charge in [-0.25, -0.2) is 18.7 Å². The minimum absolute atomic E-state index is 0.147. The molecule has 2 heterocycles. The Morgan fingerprint density at radius 3 is 1.63 bits per heavy atom. The first-order valence-electron chi connectivity index (χ1n) is 18.8. The molecule has 0 saturated heterocycles. The van der Waals surface area contributed by atoms with E-state index >= 15 is 0 Å². The van der Waals surface area contributed by atoms with E-state index in [0.29, 0.717) is 30.8 Å². The highest BCUT2D eigenvalue weighted by molar-refractivity contribution is 9.11. The standard InChI is InChI=1S/C23H26BrFN2O3S.C21H22BrFN2O2S/c1-16-12-19-22(14-20(16)27(2)9-11-29-10-8-25)31-23(26-19)7-5-17-4-6-21(18(24)13-17)30-15-28-3;1-14-11-17-20(13-18(14)25(2)8-10-27-9-7-23)28-21(24-17)6-4-15-3-5-19(26)16(22)12-15/h4-7,12-14H,8-11,15H2,1-3H3;3-6,11-13,26H,7-10H2,1-2H3/b7-5+;6-4+.